The average molecular weight is 494 g/mol. The lowest BCUT2D eigenvalue weighted by Gasteiger charge is -2.26. The summed E-state index contributed by atoms with van der Waals surface area (Å²) in [6, 6.07) is 20.9. The van der Waals surface area contributed by atoms with Gasteiger partial charge in [-0.2, -0.15) is 4.31 Å². The van der Waals surface area contributed by atoms with Gasteiger partial charge in [0, 0.05) is 36.5 Å². The summed E-state index contributed by atoms with van der Waals surface area (Å²) >= 11 is 0. The summed E-state index contributed by atoms with van der Waals surface area (Å²) in [6.07, 6.45) is 1.58. The fourth-order valence-electron chi connectivity index (χ4n) is 3.64. The molecule has 10 heteroatoms. The monoisotopic (exact) mass is 493 g/mol. The van der Waals surface area contributed by atoms with E-state index in [4.69, 9.17) is 4.74 Å². The van der Waals surface area contributed by atoms with Crippen molar-refractivity contribution in [2.24, 2.45) is 0 Å². The fourth-order valence-corrected chi connectivity index (χ4v) is 5.05. The number of morpholine rings is 1. The molecule has 1 aliphatic heterocycles. The van der Waals surface area contributed by atoms with Gasteiger partial charge in [0.25, 0.3) is 11.6 Å². The van der Waals surface area contributed by atoms with Crippen LogP contribution in [0.2, 0.25) is 0 Å². The van der Waals surface area contributed by atoms with E-state index in [-0.39, 0.29) is 10.6 Å². The first-order chi connectivity index (χ1) is 16.8. The van der Waals surface area contributed by atoms with Gasteiger partial charge in [0.15, 0.2) is 0 Å². The van der Waals surface area contributed by atoms with Crippen molar-refractivity contribution in [3.05, 3.63) is 100 Å². The van der Waals surface area contributed by atoms with Gasteiger partial charge in [-0.15, -0.1) is 0 Å². The number of non-ortho nitro benzene ring substituents is 1. The molecule has 0 saturated carbocycles. The molecule has 35 heavy (non-hydrogen) atoms. The zero-order valence-electron chi connectivity index (χ0n) is 18.7. The zero-order chi connectivity index (χ0) is 24.8. The zero-order valence-corrected chi connectivity index (χ0v) is 19.5. The molecule has 3 aromatic rings. The van der Waals surface area contributed by atoms with Crippen LogP contribution in [0.25, 0.3) is 11.6 Å². The van der Waals surface area contributed by atoms with Gasteiger partial charge in [0.05, 0.1) is 23.0 Å². The molecule has 0 unspecified atom stereocenters. The summed E-state index contributed by atoms with van der Waals surface area (Å²) in [5.74, 6) is -0.438. The van der Waals surface area contributed by atoms with Gasteiger partial charge < -0.3 is 10.1 Å². The van der Waals surface area contributed by atoms with Gasteiger partial charge in [-0.05, 0) is 41.5 Å². The molecule has 0 bridgehead atoms. The number of sulfonamides is 1. The van der Waals surface area contributed by atoms with E-state index < -0.39 is 20.9 Å². The van der Waals surface area contributed by atoms with Crippen LogP contribution in [0.4, 0.5) is 11.4 Å². The predicted octanol–water partition coefficient (Wildman–Crippen LogP) is 3.80. The molecule has 4 rings (SSSR count). The molecule has 0 aromatic heterocycles. The number of hydrogen-bond acceptors (Lipinski definition) is 6. The first-order valence-corrected chi connectivity index (χ1v) is 12.3. The van der Waals surface area contributed by atoms with Crippen molar-refractivity contribution in [2.45, 2.75) is 4.90 Å². The first kappa shape index (κ1) is 24.3. The molecule has 0 atom stereocenters. The average Bonchev–Trinajstić information content (AvgIpc) is 2.88. The maximum absolute atomic E-state index is 13.2. The molecule has 1 amide bonds. The Morgan fingerprint density at radius 1 is 0.971 bits per heavy atom. The van der Waals surface area contributed by atoms with E-state index in [2.05, 4.69) is 5.32 Å². The van der Waals surface area contributed by atoms with Crippen LogP contribution in [0.5, 0.6) is 0 Å². The number of carbonyl (C=O) groups excluding carboxylic acids is 1. The molecule has 180 valence electrons. The van der Waals surface area contributed by atoms with E-state index in [1.54, 1.807) is 42.5 Å². The fraction of sp³-hybridized carbons (Fsp3) is 0.160. The third-order valence-electron chi connectivity index (χ3n) is 5.44. The van der Waals surface area contributed by atoms with Gasteiger partial charge >= 0.3 is 0 Å². The minimum absolute atomic E-state index is 0.0800. The largest absolute Gasteiger partial charge is 0.379 e. The molecular formula is C25H23N3O6S. The standard InChI is InChI=1S/C25H23N3O6S/c29-25(26-21-9-11-23(12-10-21)35(32,33)27-13-15-34-16-14-27)24(20-6-2-1-3-7-20)18-19-5-4-8-22(17-19)28(30)31/h1-12,17-18H,13-16H2,(H,26,29)/b24-18+. The molecule has 9 nitrogen and oxygen atoms in total. The highest BCUT2D eigenvalue weighted by Crippen LogP contribution is 2.24. The lowest BCUT2D eigenvalue weighted by molar-refractivity contribution is -0.384. The number of hydrogen-bond donors (Lipinski definition) is 1. The van der Waals surface area contributed by atoms with Gasteiger partial charge in [-0.25, -0.2) is 8.42 Å². The summed E-state index contributed by atoms with van der Waals surface area (Å²) in [4.78, 5) is 24.0. The van der Waals surface area contributed by atoms with Crippen molar-refractivity contribution >= 4 is 39.0 Å². The van der Waals surface area contributed by atoms with Crippen molar-refractivity contribution in [1.29, 1.82) is 0 Å². The Kier molecular flexibility index (Phi) is 7.35. The molecule has 1 N–H and O–H groups in total. The number of benzene rings is 3. The number of nitrogens with zero attached hydrogens (tertiary/aromatic N) is 2. The van der Waals surface area contributed by atoms with Crippen LogP contribution in [0.1, 0.15) is 11.1 Å². The van der Waals surface area contributed by atoms with Crippen LogP contribution in [0.15, 0.2) is 83.8 Å². The number of amides is 1. The van der Waals surface area contributed by atoms with Gasteiger partial charge in [-0.3, -0.25) is 14.9 Å². The predicted molar refractivity (Wildman–Crippen MR) is 132 cm³/mol. The number of anilines is 1. The Morgan fingerprint density at radius 3 is 2.31 bits per heavy atom. The highest BCUT2D eigenvalue weighted by molar-refractivity contribution is 7.89. The summed E-state index contributed by atoms with van der Waals surface area (Å²) in [5, 5.41) is 13.9. The highest BCUT2D eigenvalue weighted by atomic mass is 32.2. The van der Waals surface area contributed by atoms with Crippen LogP contribution < -0.4 is 5.32 Å². The molecule has 0 aliphatic carbocycles. The second-order valence-corrected chi connectivity index (χ2v) is 9.71. The number of nitro groups is 1. The maximum Gasteiger partial charge on any atom is 0.270 e. The third kappa shape index (κ3) is 5.80. The smallest absolute Gasteiger partial charge is 0.270 e. The SMILES string of the molecule is O=C(Nc1ccc(S(=O)(=O)N2CCOCC2)cc1)/C(=C/c1cccc([N+](=O)[O-])c1)c1ccccc1. The van der Waals surface area contributed by atoms with Gasteiger partial charge in [-0.1, -0.05) is 42.5 Å². The number of carbonyl (C=O) groups is 1. The summed E-state index contributed by atoms with van der Waals surface area (Å²) < 4.78 is 32.2. The molecule has 0 radical (unpaired) electrons. The number of nitrogens with one attached hydrogen (secondary N) is 1. The molecule has 0 spiro atoms. The van der Waals surface area contributed by atoms with Gasteiger partial charge in [0.1, 0.15) is 0 Å². The van der Waals surface area contributed by atoms with Crippen LogP contribution >= 0.6 is 0 Å². The normalized spacial score (nSPS) is 14.9. The number of ether oxygens (including phenoxy) is 1. The molecule has 3 aromatic carbocycles. The number of rotatable bonds is 7. The molecule has 1 heterocycles. The van der Waals surface area contributed by atoms with E-state index in [1.807, 2.05) is 6.07 Å². The van der Waals surface area contributed by atoms with Crippen molar-refractivity contribution in [1.82, 2.24) is 4.31 Å². The van der Waals surface area contributed by atoms with Crippen molar-refractivity contribution in [3.8, 4) is 0 Å². The van der Waals surface area contributed by atoms with E-state index in [1.165, 1.54) is 40.7 Å². The minimum atomic E-state index is -3.64. The summed E-state index contributed by atoms with van der Waals surface area (Å²) in [6.45, 7) is 1.30. The molecule has 1 aliphatic rings. The third-order valence-corrected chi connectivity index (χ3v) is 7.35. The van der Waals surface area contributed by atoms with Crippen LogP contribution in [-0.2, 0) is 19.6 Å². The Bertz CT molecular complexity index is 1350. The molecular weight excluding hydrogens is 470 g/mol. The summed E-state index contributed by atoms with van der Waals surface area (Å²) in [5.41, 5.74) is 1.76. The molecule has 1 fully saturated rings. The Morgan fingerprint density at radius 2 is 1.66 bits per heavy atom. The van der Waals surface area contributed by atoms with Crippen molar-refractivity contribution in [2.75, 3.05) is 31.6 Å². The van der Waals surface area contributed by atoms with Crippen LogP contribution in [-0.4, -0.2) is 49.9 Å². The second kappa shape index (κ2) is 10.6. The first-order valence-electron chi connectivity index (χ1n) is 10.9. The minimum Gasteiger partial charge on any atom is -0.379 e. The van der Waals surface area contributed by atoms with E-state index in [9.17, 15) is 23.3 Å². The topological polar surface area (TPSA) is 119 Å². The maximum atomic E-state index is 13.2. The van der Waals surface area contributed by atoms with E-state index >= 15 is 0 Å². The quantitative estimate of drug-likeness (QED) is 0.231. The summed E-state index contributed by atoms with van der Waals surface area (Å²) in [7, 11) is -3.64. The van der Waals surface area contributed by atoms with Crippen LogP contribution in [0.3, 0.4) is 0 Å². The lowest BCUT2D eigenvalue weighted by atomic mass is 10.0. The lowest BCUT2D eigenvalue weighted by Crippen LogP contribution is -2.40. The van der Waals surface area contributed by atoms with E-state index in [0.29, 0.717) is 48.7 Å². The Labute approximate surface area is 202 Å². The molecule has 1 saturated heterocycles. The van der Waals surface area contributed by atoms with Crippen molar-refractivity contribution < 1.29 is 22.9 Å². The Balaban J connectivity index is 1.59. The van der Waals surface area contributed by atoms with Crippen molar-refractivity contribution in [3.63, 3.8) is 0 Å². The van der Waals surface area contributed by atoms with E-state index in [0.717, 1.165) is 0 Å². The highest BCUT2D eigenvalue weighted by Gasteiger charge is 2.26. The second-order valence-electron chi connectivity index (χ2n) is 7.77. The Hall–Kier alpha value is -3.86. The van der Waals surface area contributed by atoms with Crippen LogP contribution in [0, 0.1) is 10.1 Å². The van der Waals surface area contributed by atoms with Gasteiger partial charge in [0.2, 0.25) is 10.0 Å². The number of nitro benzene ring substituents is 1.